The molecule has 62 valence electrons. The normalized spacial score (nSPS) is 8.09. The van der Waals surface area contributed by atoms with Gasteiger partial charge in [0.2, 0.25) is 0 Å². The molecule has 0 atom stereocenters. The molecule has 0 aromatic rings. The number of carboxylic acid groups (broad SMARTS) is 1. The third-order valence-electron chi connectivity index (χ3n) is 0.408. The highest BCUT2D eigenvalue weighted by atomic mass is 17.3. The second kappa shape index (κ2) is 4.09. The summed E-state index contributed by atoms with van der Waals surface area (Å²) in [7, 11) is 0. The van der Waals surface area contributed by atoms with Crippen LogP contribution >= 0.6 is 0 Å². The number of ether oxygens (including phenoxy) is 1. The summed E-state index contributed by atoms with van der Waals surface area (Å²) in [6.45, 7) is 0.946. The minimum Gasteiger partial charge on any atom is -0.447 e. The maximum atomic E-state index is 10.1. The predicted octanol–water partition coefficient (Wildman–Crippen LogP) is 0.296. The van der Waals surface area contributed by atoms with Crippen LogP contribution in [0.1, 0.15) is 6.92 Å². The van der Waals surface area contributed by atoms with Gasteiger partial charge in [-0.05, 0) is 0 Å². The summed E-state index contributed by atoms with van der Waals surface area (Å²) in [5, 5.41) is 7.76. The van der Waals surface area contributed by atoms with Crippen LogP contribution in [-0.2, 0) is 19.3 Å². The first-order chi connectivity index (χ1) is 5.02. The Morgan fingerprint density at radius 3 is 2.09 bits per heavy atom. The smallest absolute Gasteiger partial charge is 0.447 e. The number of carbonyl (C=O) groups excluding carboxylic acids is 2. The molecular formula is C4H4O7. The zero-order valence-electron chi connectivity index (χ0n) is 5.40. The standard InChI is InChI=1S/C4H4O7/c1-2(5)9-4(8)11-10-3(6)7/h1H3,(H,6,7). The molecule has 0 radical (unpaired) electrons. The van der Waals surface area contributed by atoms with Gasteiger partial charge in [0.1, 0.15) is 0 Å². The maximum Gasteiger partial charge on any atom is 0.558 e. The number of esters is 1. The van der Waals surface area contributed by atoms with Crippen molar-refractivity contribution in [2.24, 2.45) is 0 Å². The zero-order valence-corrected chi connectivity index (χ0v) is 5.40. The number of rotatable bonds is 0. The zero-order chi connectivity index (χ0) is 8.85. The molecule has 0 saturated heterocycles. The maximum absolute atomic E-state index is 10.1. The van der Waals surface area contributed by atoms with Crippen molar-refractivity contribution in [3.8, 4) is 0 Å². The van der Waals surface area contributed by atoms with E-state index in [-0.39, 0.29) is 0 Å². The van der Waals surface area contributed by atoms with Crippen LogP contribution < -0.4 is 0 Å². The van der Waals surface area contributed by atoms with Gasteiger partial charge in [0.15, 0.2) is 0 Å². The summed E-state index contributed by atoms with van der Waals surface area (Å²) in [6.07, 6.45) is -3.34. The lowest BCUT2D eigenvalue weighted by atomic mass is 10.8. The van der Waals surface area contributed by atoms with Crippen molar-refractivity contribution in [3.05, 3.63) is 0 Å². The molecule has 11 heavy (non-hydrogen) atoms. The highest BCUT2D eigenvalue weighted by Gasteiger charge is 2.10. The predicted molar refractivity (Wildman–Crippen MR) is 27.4 cm³/mol. The Kier molecular flexibility index (Phi) is 3.43. The average molecular weight is 164 g/mol. The molecule has 0 spiro atoms. The van der Waals surface area contributed by atoms with Gasteiger partial charge in [0, 0.05) is 6.92 Å². The van der Waals surface area contributed by atoms with E-state index in [1.807, 2.05) is 0 Å². The monoisotopic (exact) mass is 164 g/mol. The quantitative estimate of drug-likeness (QED) is 0.238. The van der Waals surface area contributed by atoms with E-state index in [1.165, 1.54) is 0 Å². The van der Waals surface area contributed by atoms with Gasteiger partial charge in [-0.25, -0.2) is 9.68 Å². The van der Waals surface area contributed by atoms with Crippen LogP contribution in [0.4, 0.5) is 9.59 Å². The Bertz CT molecular complexity index is 183. The number of hydrogen-bond acceptors (Lipinski definition) is 6. The lowest BCUT2D eigenvalue weighted by Crippen LogP contribution is -2.13. The molecule has 0 amide bonds. The Morgan fingerprint density at radius 2 is 1.73 bits per heavy atom. The summed E-state index contributed by atoms with van der Waals surface area (Å²) in [5.41, 5.74) is 0. The first-order valence-electron chi connectivity index (χ1n) is 2.32. The van der Waals surface area contributed by atoms with E-state index in [0.29, 0.717) is 0 Å². The van der Waals surface area contributed by atoms with Crippen molar-refractivity contribution >= 4 is 18.3 Å². The minimum absolute atomic E-state index is 0.927. The molecule has 0 aromatic carbocycles. The van der Waals surface area contributed by atoms with Crippen LogP contribution in [0.3, 0.4) is 0 Å². The molecule has 0 bridgehead atoms. The van der Waals surface area contributed by atoms with Crippen molar-refractivity contribution in [2.75, 3.05) is 0 Å². The van der Waals surface area contributed by atoms with Gasteiger partial charge in [0.05, 0.1) is 0 Å². The molecule has 1 N–H and O–H groups in total. The second-order valence-corrected chi connectivity index (χ2v) is 1.28. The molecule has 0 aromatic heterocycles. The van der Waals surface area contributed by atoms with Crippen LogP contribution in [0.15, 0.2) is 0 Å². The van der Waals surface area contributed by atoms with Crippen molar-refractivity contribution in [1.82, 2.24) is 0 Å². The first kappa shape index (κ1) is 9.21. The minimum atomic E-state index is -1.81. The highest BCUT2D eigenvalue weighted by molar-refractivity contribution is 5.79. The molecule has 0 heterocycles. The van der Waals surface area contributed by atoms with Crippen molar-refractivity contribution in [3.63, 3.8) is 0 Å². The summed E-state index contributed by atoms with van der Waals surface area (Å²) in [5.74, 6) is -0.927. The van der Waals surface area contributed by atoms with E-state index in [9.17, 15) is 14.4 Å². The fraction of sp³-hybridized carbons (Fsp3) is 0.250. The van der Waals surface area contributed by atoms with Gasteiger partial charge in [0.25, 0.3) is 0 Å². The van der Waals surface area contributed by atoms with Crippen LogP contribution in [0.25, 0.3) is 0 Å². The fourth-order valence-corrected chi connectivity index (χ4v) is 0.204. The van der Waals surface area contributed by atoms with E-state index in [1.54, 1.807) is 0 Å². The van der Waals surface area contributed by atoms with Crippen molar-refractivity contribution in [2.45, 2.75) is 6.92 Å². The van der Waals surface area contributed by atoms with Crippen LogP contribution in [0, 0.1) is 0 Å². The number of carbonyl (C=O) groups is 3. The molecule has 7 nitrogen and oxygen atoms in total. The Hall–Kier alpha value is -1.79. The van der Waals surface area contributed by atoms with E-state index in [4.69, 9.17) is 5.11 Å². The molecule has 0 rings (SSSR count). The summed E-state index contributed by atoms with van der Waals surface area (Å²) < 4.78 is 3.71. The largest absolute Gasteiger partial charge is 0.558 e. The average Bonchev–Trinajstić information content (AvgIpc) is 1.82. The molecule has 7 heteroatoms. The van der Waals surface area contributed by atoms with Crippen molar-refractivity contribution < 1.29 is 34.0 Å². The van der Waals surface area contributed by atoms with E-state index in [0.717, 1.165) is 6.92 Å². The third kappa shape index (κ3) is 6.09. The van der Waals surface area contributed by atoms with E-state index < -0.39 is 18.3 Å². The Balaban J connectivity index is 3.53. The van der Waals surface area contributed by atoms with Crippen molar-refractivity contribution in [1.29, 1.82) is 0 Å². The van der Waals surface area contributed by atoms with Gasteiger partial charge < -0.3 is 9.84 Å². The van der Waals surface area contributed by atoms with Gasteiger partial charge >= 0.3 is 18.3 Å². The van der Waals surface area contributed by atoms with Gasteiger partial charge in [-0.3, -0.25) is 4.79 Å². The SMILES string of the molecule is CC(=O)OC(=O)OOC(=O)O. The van der Waals surface area contributed by atoms with E-state index in [2.05, 4.69) is 14.5 Å². The Morgan fingerprint density at radius 1 is 1.18 bits per heavy atom. The highest BCUT2D eigenvalue weighted by Crippen LogP contribution is 1.87. The van der Waals surface area contributed by atoms with Crippen LogP contribution in [0.5, 0.6) is 0 Å². The molecule has 0 saturated carbocycles. The topological polar surface area (TPSA) is 99.1 Å². The molecule has 0 aliphatic carbocycles. The second-order valence-electron chi connectivity index (χ2n) is 1.28. The van der Waals surface area contributed by atoms with Gasteiger partial charge in [-0.15, -0.1) is 0 Å². The molecule has 0 aliphatic rings. The van der Waals surface area contributed by atoms with E-state index >= 15 is 0 Å². The molecule has 0 unspecified atom stereocenters. The lowest BCUT2D eigenvalue weighted by molar-refractivity contribution is -0.213. The number of hydrogen-bond donors (Lipinski definition) is 1. The summed E-state index contributed by atoms with van der Waals surface area (Å²) in [6, 6.07) is 0. The van der Waals surface area contributed by atoms with Gasteiger partial charge in [-0.1, -0.05) is 0 Å². The van der Waals surface area contributed by atoms with Gasteiger partial charge in [-0.2, -0.15) is 9.68 Å². The Labute approximate surface area is 60.4 Å². The van der Waals surface area contributed by atoms with Crippen LogP contribution in [-0.4, -0.2) is 23.4 Å². The summed E-state index contributed by atoms with van der Waals surface area (Å²) in [4.78, 5) is 36.4. The third-order valence-corrected chi connectivity index (χ3v) is 0.408. The van der Waals surface area contributed by atoms with Crippen LogP contribution in [0.2, 0.25) is 0 Å². The fourth-order valence-electron chi connectivity index (χ4n) is 0.204. The molecule has 0 aliphatic heterocycles. The first-order valence-corrected chi connectivity index (χ1v) is 2.32. The molecular weight excluding hydrogens is 160 g/mol. The summed E-state index contributed by atoms with van der Waals surface area (Å²) >= 11 is 0. The lowest BCUT2D eigenvalue weighted by Gasteiger charge is -1.96. The molecule has 0 fully saturated rings.